The molecule has 0 bridgehead atoms. The van der Waals surface area contributed by atoms with Crippen LogP contribution in [0.5, 0.6) is 0 Å². The van der Waals surface area contributed by atoms with Crippen molar-refractivity contribution in [3.63, 3.8) is 0 Å². The monoisotopic (exact) mass is 301 g/mol. The second-order valence-electron chi connectivity index (χ2n) is 5.78. The Morgan fingerprint density at radius 3 is 2.57 bits per heavy atom. The zero-order valence-corrected chi connectivity index (χ0v) is 12.8. The third kappa shape index (κ3) is 5.61. The highest BCUT2D eigenvalue weighted by atomic mass is 16.5. The first-order valence-corrected chi connectivity index (χ1v) is 7.92. The summed E-state index contributed by atoms with van der Waals surface area (Å²) < 4.78 is 10.4. The van der Waals surface area contributed by atoms with E-state index in [9.17, 15) is 9.59 Å². The van der Waals surface area contributed by atoms with Crippen LogP contribution in [0.4, 0.5) is 4.79 Å². The summed E-state index contributed by atoms with van der Waals surface area (Å²) in [4.78, 5) is 25.7. The summed E-state index contributed by atoms with van der Waals surface area (Å²) in [5.74, 6) is -0.258. The molecule has 21 heavy (non-hydrogen) atoms. The minimum Gasteiger partial charge on any atom is -0.450 e. The maximum Gasteiger partial charge on any atom is 0.414 e. The summed E-state index contributed by atoms with van der Waals surface area (Å²) in [5, 5.41) is 2.25. The topological polar surface area (TPSA) is 73.5 Å². The van der Waals surface area contributed by atoms with Crippen LogP contribution in [0.1, 0.15) is 19.8 Å². The average molecular weight is 301 g/mol. The van der Waals surface area contributed by atoms with Crippen LogP contribution < -0.4 is 15.1 Å². The van der Waals surface area contributed by atoms with Crippen molar-refractivity contribution in [3.05, 3.63) is 0 Å². The predicted molar refractivity (Wildman–Crippen MR) is 75.3 cm³/mol. The number of carbonyl (C=O) groups is 2. The molecule has 0 saturated carbocycles. The van der Waals surface area contributed by atoms with Gasteiger partial charge in [-0.2, -0.15) is 0 Å². The van der Waals surface area contributed by atoms with Crippen LogP contribution in [0.15, 0.2) is 0 Å². The maximum absolute atomic E-state index is 11.7. The molecule has 2 aliphatic heterocycles. The number of amides is 2. The summed E-state index contributed by atoms with van der Waals surface area (Å²) in [5.41, 5.74) is 0. The molecule has 0 aromatic rings. The third-order valence-corrected chi connectivity index (χ3v) is 4.13. The number of quaternary nitrogens is 2. The van der Waals surface area contributed by atoms with E-state index in [-0.39, 0.29) is 12.5 Å². The van der Waals surface area contributed by atoms with Gasteiger partial charge in [0.05, 0.1) is 6.61 Å². The first-order chi connectivity index (χ1) is 10.2. The van der Waals surface area contributed by atoms with Gasteiger partial charge < -0.3 is 19.3 Å². The van der Waals surface area contributed by atoms with Gasteiger partial charge in [-0.25, -0.2) is 4.79 Å². The molecule has 2 rings (SSSR count). The van der Waals surface area contributed by atoms with E-state index < -0.39 is 6.09 Å². The molecule has 2 amide bonds. The van der Waals surface area contributed by atoms with Gasteiger partial charge in [0.25, 0.3) is 5.91 Å². The van der Waals surface area contributed by atoms with E-state index >= 15 is 0 Å². The Kier molecular flexibility index (Phi) is 6.41. The summed E-state index contributed by atoms with van der Waals surface area (Å²) in [6.45, 7) is 8.35. The second-order valence-corrected chi connectivity index (χ2v) is 5.78. The molecule has 2 heterocycles. The standard InChI is InChI=1S/C14H25N3O4/c1-2-20-14(19)15-13(18)11-17-7-5-16(6-8-17)10-12-4-3-9-21-12/h12H,2-11H2,1H3,(H,15,18,19)/p+2/t12-/m1/s1. The molecule has 0 aromatic heterocycles. The lowest BCUT2D eigenvalue weighted by Gasteiger charge is -2.30. The summed E-state index contributed by atoms with van der Waals surface area (Å²) in [6.07, 6.45) is 2.14. The van der Waals surface area contributed by atoms with E-state index in [2.05, 4.69) is 5.32 Å². The molecular weight excluding hydrogens is 274 g/mol. The Morgan fingerprint density at radius 1 is 1.24 bits per heavy atom. The molecule has 0 spiro atoms. The summed E-state index contributed by atoms with van der Waals surface area (Å²) in [7, 11) is 0. The van der Waals surface area contributed by atoms with E-state index in [4.69, 9.17) is 9.47 Å². The lowest BCUT2D eigenvalue weighted by Crippen LogP contribution is -3.28. The summed E-state index contributed by atoms with van der Waals surface area (Å²) in [6, 6.07) is 0. The van der Waals surface area contributed by atoms with Gasteiger partial charge in [0.2, 0.25) is 0 Å². The Labute approximate surface area is 125 Å². The van der Waals surface area contributed by atoms with Crippen LogP contribution in [0, 0.1) is 0 Å². The highest BCUT2D eigenvalue weighted by molar-refractivity contribution is 5.92. The second kappa shape index (κ2) is 8.31. The minimum absolute atomic E-state index is 0.258. The van der Waals surface area contributed by atoms with Crippen molar-refractivity contribution in [1.29, 1.82) is 0 Å². The molecule has 1 atom stereocenters. The third-order valence-electron chi connectivity index (χ3n) is 4.13. The first kappa shape index (κ1) is 16.2. The first-order valence-electron chi connectivity index (χ1n) is 7.92. The average Bonchev–Trinajstić information content (AvgIpc) is 2.94. The van der Waals surface area contributed by atoms with Crippen LogP contribution in [0.25, 0.3) is 0 Å². The summed E-state index contributed by atoms with van der Waals surface area (Å²) >= 11 is 0. The number of carbonyl (C=O) groups excluding carboxylic acids is 2. The van der Waals surface area contributed by atoms with Crippen molar-refractivity contribution < 1.29 is 28.9 Å². The number of nitrogens with one attached hydrogen (secondary N) is 3. The van der Waals surface area contributed by atoms with Gasteiger partial charge in [0, 0.05) is 6.61 Å². The van der Waals surface area contributed by atoms with Gasteiger partial charge in [-0.15, -0.1) is 0 Å². The van der Waals surface area contributed by atoms with Gasteiger partial charge in [-0.3, -0.25) is 10.1 Å². The SMILES string of the molecule is CCOC(=O)NC(=O)C[NH+]1CC[NH+](C[C@H]2CCCO2)CC1. The Morgan fingerprint density at radius 2 is 1.95 bits per heavy atom. The number of piperazine rings is 1. The van der Waals surface area contributed by atoms with Crippen LogP contribution in [0.2, 0.25) is 0 Å². The zero-order chi connectivity index (χ0) is 15.1. The number of imide groups is 1. The van der Waals surface area contributed by atoms with Gasteiger partial charge in [0.1, 0.15) is 38.8 Å². The molecule has 2 aliphatic rings. The van der Waals surface area contributed by atoms with E-state index in [1.54, 1.807) is 11.8 Å². The Hall–Kier alpha value is -1.18. The molecule has 7 heteroatoms. The smallest absolute Gasteiger partial charge is 0.414 e. The molecule has 0 unspecified atom stereocenters. The van der Waals surface area contributed by atoms with Crippen molar-refractivity contribution in [1.82, 2.24) is 5.32 Å². The number of ether oxygens (including phenoxy) is 2. The quantitative estimate of drug-likeness (QED) is 0.514. The fraction of sp³-hybridized carbons (Fsp3) is 0.857. The van der Waals surface area contributed by atoms with Crippen molar-refractivity contribution in [2.24, 2.45) is 0 Å². The van der Waals surface area contributed by atoms with Gasteiger partial charge in [0.15, 0.2) is 6.54 Å². The number of hydrogen-bond donors (Lipinski definition) is 3. The number of hydrogen-bond acceptors (Lipinski definition) is 4. The predicted octanol–water partition coefficient (Wildman–Crippen LogP) is -2.78. The van der Waals surface area contributed by atoms with Gasteiger partial charge in [-0.05, 0) is 19.8 Å². The Bertz CT molecular complexity index is 350. The van der Waals surface area contributed by atoms with Crippen molar-refractivity contribution >= 4 is 12.0 Å². The highest BCUT2D eigenvalue weighted by Gasteiger charge is 2.28. The van der Waals surface area contributed by atoms with E-state index in [0.717, 1.165) is 39.3 Å². The molecule has 120 valence electrons. The van der Waals surface area contributed by atoms with Crippen LogP contribution >= 0.6 is 0 Å². The fourth-order valence-electron chi connectivity index (χ4n) is 3.02. The molecule has 3 N–H and O–H groups in total. The van der Waals surface area contributed by atoms with Crippen molar-refractivity contribution in [2.45, 2.75) is 25.9 Å². The zero-order valence-electron chi connectivity index (χ0n) is 12.8. The number of alkyl carbamates (subject to hydrolysis) is 1. The Balaban J connectivity index is 1.62. The van der Waals surface area contributed by atoms with Crippen LogP contribution in [-0.2, 0) is 14.3 Å². The maximum atomic E-state index is 11.7. The van der Waals surface area contributed by atoms with Crippen LogP contribution in [-0.4, -0.2) is 70.6 Å². The molecular formula is C14H27N3O4+2. The fourth-order valence-corrected chi connectivity index (χ4v) is 3.02. The van der Waals surface area contributed by atoms with E-state index in [1.165, 1.54) is 17.7 Å². The highest BCUT2D eigenvalue weighted by Crippen LogP contribution is 2.09. The normalized spacial score (nSPS) is 29.1. The van der Waals surface area contributed by atoms with Crippen molar-refractivity contribution in [2.75, 3.05) is 52.5 Å². The largest absolute Gasteiger partial charge is 0.450 e. The lowest BCUT2D eigenvalue weighted by atomic mass is 10.2. The molecule has 0 aromatic carbocycles. The van der Waals surface area contributed by atoms with E-state index in [1.807, 2.05) is 0 Å². The van der Waals surface area contributed by atoms with Gasteiger partial charge >= 0.3 is 6.09 Å². The van der Waals surface area contributed by atoms with E-state index in [0.29, 0.717) is 12.6 Å². The van der Waals surface area contributed by atoms with Crippen molar-refractivity contribution in [3.8, 4) is 0 Å². The molecule has 2 fully saturated rings. The number of rotatable bonds is 5. The molecule has 2 saturated heterocycles. The molecule has 0 aliphatic carbocycles. The lowest BCUT2D eigenvalue weighted by molar-refractivity contribution is -1.01. The van der Waals surface area contributed by atoms with Gasteiger partial charge in [-0.1, -0.05) is 0 Å². The minimum atomic E-state index is -0.649. The van der Waals surface area contributed by atoms with Crippen LogP contribution in [0.3, 0.4) is 0 Å². The molecule has 7 nitrogen and oxygen atoms in total. The molecule has 0 radical (unpaired) electrons.